The second-order valence-electron chi connectivity index (χ2n) is 5.54. The summed E-state index contributed by atoms with van der Waals surface area (Å²) in [5, 5.41) is 0. The van der Waals surface area contributed by atoms with Crippen LogP contribution < -0.4 is 11.3 Å². The van der Waals surface area contributed by atoms with Gasteiger partial charge in [0.1, 0.15) is 0 Å². The molecule has 1 aliphatic carbocycles. The van der Waals surface area contributed by atoms with Crippen molar-refractivity contribution in [2.75, 3.05) is 33.4 Å². The summed E-state index contributed by atoms with van der Waals surface area (Å²) < 4.78 is 5.01. The molecule has 2 aliphatic rings. The number of hydrogen-bond donors (Lipinski definition) is 2. The molecule has 2 fully saturated rings. The third-order valence-corrected chi connectivity index (χ3v) is 4.47. The number of guanidine groups is 1. The number of nitrogens with two attached hydrogens (primary N) is 1. The first-order valence-electron chi connectivity index (χ1n) is 7.05. The van der Waals surface area contributed by atoms with Gasteiger partial charge in [-0.15, -0.1) is 0 Å². The van der Waals surface area contributed by atoms with E-state index in [4.69, 9.17) is 10.6 Å². The molecule has 104 valence electrons. The highest BCUT2D eigenvalue weighted by Gasteiger charge is 2.37. The number of hydrazine groups is 1. The monoisotopic (exact) mass is 254 g/mol. The Balaban J connectivity index is 1.85. The van der Waals surface area contributed by atoms with Crippen molar-refractivity contribution in [3.05, 3.63) is 0 Å². The van der Waals surface area contributed by atoms with Gasteiger partial charge in [0.25, 0.3) is 0 Å². The average Bonchev–Trinajstić information content (AvgIpc) is 2.85. The molecule has 1 saturated carbocycles. The van der Waals surface area contributed by atoms with Crippen LogP contribution in [0.5, 0.6) is 0 Å². The lowest BCUT2D eigenvalue weighted by atomic mass is 9.77. The van der Waals surface area contributed by atoms with E-state index in [1.54, 1.807) is 7.11 Å². The highest BCUT2D eigenvalue weighted by Crippen LogP contribution is 2.45. The highest BCUT2D eigenvalue weighted by atomic mass is 16.5. The first-order chi connectivity index (χ1) is 8.79. The number of methoxy groups -OCH3 is 1. The molecule has 0 radical (unpaired) electrons. The van der Waals surface area contributed by atoms with Crippen LogP contribution in [0, 0.1) is 5.41 Å². The minimum Gasteiger partial charge on any atom is -0.383 e. The van der Waals surface area contributed by atoms with E-state index >= 15 is 0 Å². The fourth-order valence-corrected chi connectivity index (χ4v) is 3.30. The molecule has 0 aromatic heterocycles. The second-order valence-corrected chi connectivity index (χ2v) is 5.54. The molecule has 1 aliphatic heterocycles. The van der Waals surface area contributed by atoms with Crippen LogP contribution in [-0.4, -0.2) is 44.2 Å². The van der Waals surface area contributed by atoms with Crippen molar-refractivity contribution in [2.45, 2.75) is 38.5 Å². The number of aliphatic imine (C=N–C) groups is 1. The van der Waals surface area contributed by atoms with E-state index in [0.29, 0.717) is 18.6 Å². The Morgan fingerprint density at radius 3 is 2.50 bits per heavy atom. The summed E-state index contributed by atoms with van der Waals surface area (Å²) in [5.74, 6) is 6.39. The van der Waals surface area contributed by atoms with E-state index in [2.05, 4.69) is 15.3 Å². The first-order valence-corrected chi connectivity index (χ1v) is 7.05. The molecule has 3 N–H and O–H groups in total. The Labute approximate surface area is 110 Å². The van der Waals surface area contributed by atoms with Crippen LogP contribution in [0.3, 0.4) is 0 Å². The lowest BCUT2D eigenvalue weighted by Gasteiger charge is -2.40. The van der Waals surface area contributed by atoms with E-state index in [9.17, 15) is 0 Å². The number of nitrogens with one attached hydrogen (secondary N) is 1. The number of nitrogens with zero attached hydrogens (tertiary/aromatic N) is 2. The molecule has 1 spiro atoms. The normalized spacial score (nSPS) is 23.7. The topological polar surface area (TPSA) is 62.9 Å². The number of rotatable bonds is 3. The molecule has 1 heterocycles. The van der Waals surface area contributed by atoms with Crippen molar-refractivity contribution in [3.63, 3.8) is 0 Å². The summed E-state index contributed by atoms with van der Waals surface area (Å²) in [6, 6.07) is 0. The van der Waals surface area contributed by atoms with Crippen LogP contribution in [0.1, 0.15) is 38.5 Å². The molecule has 1 saturated heterocycles. The molecule has 0 atom stereocenters. The van der Waals surface area contributed by atoms with Gasteiger partial charge in [-0.05, 0) is 31.1 Å². The van der Waals surface area contributed by atoms with Gasteiger partial charge in [0.2, 0.25) is 5.96 Å². The Hall–Kier alpha value is -0.810. The van der Waals surface area contributed by atoms with E-state index in [1.165, 1.54) is 38.5 Å². The average molecular weight is 254 g/mol. The van der Waals surface area contributed by atoms with Gasteiger partial charge in [-0.3, -0.25) is 5.43 Å². The molecule has 18 heavy (non-hydrogen) atoms. The minimum absolute atomic E-state index is 0.642. The highest BCUT2D eigenvalue weighted by molar-refractivity contribution is 5.79. The summed E-state index contributed by atoms with van der Waals surface area (Å²) in [5.41, 5.74) is 3.37. The van der Waals surface area contributed by atoms with Crippen molar-refractivity contribution < 1.29 is 4.74 Å². The predicted octanol–water partition coefficient (Wildman–Crippen LogP) is 1.11. The summed E-state index contributed by atoms with van der Waals surface area (Å²) in [6.45, 7) is 3.46. The maximum Gasteiger partial charge on any atom is 0.208 e. The molecule has 0 aromatic carbocycles. The van der Waals surface area contributed by atoms with Crippen molar-refractivity contribution in [3.8, 4) is 0 Å². The largest absolute Gasteiger partial charge is 0.383 e. The van der Waals surface area contributed by atoms with Crippen LogP contribution in [0.4, 0.5) is 0 Å². The van der Waals surface area contributed by atoms with E-state index in [-0.39, 0.29) is 0 Å². The van der Waals surface area contributed by atoms with Gasteiger partial charge in [0.15, 0.2) is 0 Å². The lowest BCUT2D eigenvalue weighted by Crippen LogP contribution is -2.50. The quantitative estimate of drug-likeness (QED) is 0.260. The van der Waals surface area contributed by atoms with Crippen molar-refractivity contribution in [2.24, 2.45) is 16.3 Å². The molecule has 0 amide bonds. The fourth-order valence-electron chi connectivity index (χ4n) is 3.30. The Morgan fingerprint density at radius 2 is 1.94 bits per heavy atom. The third kappa shape index (κ3) is 3.14. The molecule has 0 aromatic rings. The van der Waals surface area contributed by atoms with Crippen LogP contribution in [0.15, 0.2) is 4.99 Å². The van der Waals surface area contributed by atoms with Crippen molar-refractivity contribution >= 4 is 5.96 Å². The molecule has 5 nitrogen and oxygen atoms in total. The van der Waals surface area contributed by atoms with Gasteiger partial charge >= 0.3 is 0 Å². The Bertz CT molecular complexity index is 277. The Morgan fingerprint density at radius 1 is 1.28 bits per heavy atom. The van der Waals surface area contributed by atoms with Gasteiger partial charge in [-0.1, -0.05) is 12.8 Å². The zero-order chi connectivity index (χ0) is 12.8. The summed E-state index contributed by atoms with van der Waals surface area (Å²) in [4.78, 5) is 6.73. The standard InChI is InChI=1S/C13H26N4O/c1-18-11-8-15-12(16-14)17-9-6-13(7-10-17)4-2-3-5-13/h2-11,14H2,1H3,(H,15,16). The van der Waals surface area contributed by atoms with Gasteiger partial charge in [-0.25, -0.2) is 10.8 Å². The van der Waals surface area contributed by atoms with Gasteiger partial charge < -0.3 is 9.64 Å². The van der Waals surface area contributed by atoms with Crippen molar-refractivity contribution in [1.82, 2.24) is 10.3 Å². The molecule has 0 bridgehead atoms. The second kappa shape index (κ2) is 6.38. The predicted molar refractivity (Wildman–Crippen MR) is 73.2 cm³/mol. The minimum atomic E-state index is 0.642. The van der Waals surface area contributed by atoms with Gasteiger partial charge in [0, 0.05) is 20.2 Å². The third-order valence-electron chi connectivity index (χ3n) is 4.47. The summed E-state index contributed by atoms with van der Waals surface area (Å²) in [7, 11) is 1.69. The molecule has 2 rings (SSSR count). The van der Waals surface area contributed by atoms with Crippen LogP contribution in [0.25, 0.3) is 0 Å². The maximum absolute atomic E-state index is 5.57. The summed E-state index contributed by atoms with van der Waals surface area (Å²) in [6.07, 6.45) is 8.27. The molecule has 0 unspecified atom stereocenters. The van der Waals surface area contributed by atoms with E-state index in [0.717, 1.165) is 19.0 Å². The maximum atomic E-state index is 5.57. The van der Waals surface area contributed by atoms with Crippen LogP contribution >= 0.6 is 0 Å². The number of hydrogen-bond acceptors (Lipinski definition) is 3. The molecular formula is C13H26N4O. The SMILES string of the molecule is COCCN=C(NN)N1CCC2(CCCC2)CC1. The zero-order valence-corrected chi connectivity index (χ0v) is 11.5. The van der Waals surface area contributed by atoms with Crippen LogP contribution in [0.2, 0.25) is 0 Å². The fraction of sp³-hybridized carbons (Fsp3) is 0.923. The van der Waals surface area contributed by atoms with E-state index < -0.39 is 0 Å². The lowest BCUT2D eigenvalue weighted by molar-refractivity contribution is 0.151. The van der Waals surface area contributed by atoms with E-state index in [1.807, 2.05) is 0 Å². The summed E-state index contributed by atoms with van der Waals surface area (Å²) >= 11 is 0. The number of likely N-dealkylation sites (tertiary alicyclic amines) is 1. The van der Waals surface area contributed by atoms with Gasteiger partial charge in [0.05, 0.1) is 13.2 Å². The smallest absolute Gasteiger partial charge is 0.208 e. The zero-order valence-electron chi connectivity index (χ0n) is 11.5. The first kappa shape index (κ1) is 13.6. The molecule has 5 heteroatoms. The van der Waals surface area contributed by atoms with Gasteiger partial charge in [-0.2, -0.15) is 0 Å². The number of ether oxygens (including phenoxy) is 1. The molecular weight excluding hydrogens is 228 g/mol. The van der Waals surface area contributed by atoms with Crippen molar-refractivity contribution in [1.29, 1.82) is 0 Å². The van der Waals surface area contributed by atoms with Crippen LogP contribution in [-0.2, 0) is 4.74 Å². The Kier molecular flexibility index (Phi) is 4.83. The number of piperidine rings is 1.